The summed E-state index contributed by atoms with van der Waals surface area (Å²) in [5.41, 5.74) is 1.56. The molecule has 1 amide bonds. The highest BCUT2D eigenvalue weighted by atomic mass is 19.1. The monoisotopic (exact) mass is 343 g/mol. The molecule has 0 spiro atoms. The molecule has 1 aromatic carbocycles. The molecular formula is C18H22FN5O. The van der Waals surface area contributed by atoms with E-state index in [1.54, 1.807) is 25.4 Å². The average molecular weight is 343 g/mol. The number of rotatable bonds is 7. The Bertz CT molecular complexity index is 706. The minimum absolute atomic E-state index is 0.149. The zero-order chi connectivity index (χ0) is 17.9. The van der Waals surface area contributed by atoms with Gasteiger partial charge in [-0.3, -0.25) is 14.8 Å². The lowest BCUT2D eigenvalue weighted by Gasteiger charge is -2.12. The molecule has 0 aliphatic carbocycles. The Morgan fingerprint density at radius 1 is 1.12 bits per heavy atom. The lowest BCUT2D eigenvalue weighted by Crippen LogP contribution is -2.41. The van der Waals surface area contributed by atoms with Crippen molar-refractivity contribution in [3.63, 3.8) is 0 Å². The summed E-state index contributed by atoms with van der Waals surface area (Å²) in [6, 6.07) is 11.8. The van der Waals surface area contributed by atoms with Crippen molar-refractivity contribution in [3.05, 3.63) is 65.7 Å². The predicted octanol–water partition coefficient (Wildman–Crippen LogP) is 1.24. The topological polar surface area (TPSA) is 78.4 Å². The fourth-order valence-corrected chi connectivity index (χ4v) is 2.18. The number of pyridine rings is 1. The second-order valence-corrected chi connectivity index (χ2v) is 5.33. The highest BCUT2D eigenvalue weighted by molar-refractivity contribution is 5.80. The van der Waals surface area contributed by atoms with Crippen LogP contribution >= 0.6 is 0 Å². The first-order valence-corrected chi connectivity index (χ1v) is 8.03. The van der Waals surface area contributed by atoms with Crippen LogP contribution in [0.3, 0.4) is 0 Å². The number of amides is 1. The van der Waals surface area contributed by atoms with Gasteiger partial charge >= 0.3 is 0 Å². The molecule has 2 rings (SSSR count). The lowest BCUT2D eigenvalue weighted by atomic mass is 10.1. The summed E-state index contributed by atoms with van der Waals surface area (Å²) in [4.78, 5) is 20.2. The molecule has 0 unspecified atom stereocenters. The standard InChI is InChI=1S/C18H22FN5O/c1-20-18(24-13-16-7-2-3-8-21-16)23-10-9-22-17(25)12-14-5-4-6-15(19)11-14/h2-8,11H,9-10,12-13H2,1H3,(H,22,25)(H2,20,23,24). The van der Waals surface area contributed by atoms with Gasteiger partial charge in [-0.25, -0.2) is 4.39 Å². The van der Waals surface area contributed by atoms with Crippen LogP contribution < -0.4 is 16.0 Å². The molecule has 6 nitrogen and oxygen atoms in total. The Labute approximate surface area is 146 Å². The van der Waals surface area contributed by atoms with E-state index in [-0.39, 0.29) is 18.1 Å². The summed E-state index contributed by atoms with van der Waals surface area (Å²) >= 11 is 0. The molecule has 2 aromatic rings. The maximum atomic E-state index is 13.1. The minimum Gasteiger partial charge on any atom is -0.355 e. The van der Waals surface area contributed by atoms with Crippen LogP contribution in [0.1, 0.15) is 11.3 Å². The number of carbonyl (C=O) groups excluding carboxylic acids is 1. The van der Waals surface area contributed by atoms with Crippen LogP contribution in [0, 0.1) is 5.82 Å². The summed E-state index contributed by atoms with van der Waals surface area (Å²) in [6.45, 7) is 1.53. The molecule has 0 saturated carbocycles. The number of halogens is 1. The molecule has 0 radical (unpaired) electrons. The zero-order valence-electron chi connectivity index (χ0n) is 14.1. The normalized spacial score (nSPS) is 11.0. The van der Waals surface area contributed by atoms with Crippen molar-refractivity contribution >= 4 is 11.9 Å². The first-order valence-electron chi connectivity index (χ1n) is 8.03. The van der Waals surface area contributed by atoms with Crippen LogP contribution in [-0.2, 0) is 17.8 Å². The average Bonchev–Trinajstić information content (AvgIpc) is 2.62. The smallest absolute Gasteiger partial charge is 0.224 e. The second-order valence-electron chi connectivity index (χ2n) is 5.33. The Morgan fingerprint density at radius 2 is 1.96 bits per heavy atom. The van der Waals surface area contributed by atoms with Crippen LogP contribution in [0.25, 0.3) is 0 Å². The lowest BCUT2D eigenvalue weighted by molar-refractivity contribution is -0.120. The number of guanidine groups is 1. The van der Waals surface area contributed by atoms with Crippen molar-refractivity contribution in [1.82, 2.24) is 20.9 Å². The zero-order valence-corrected chi connectivity index (χ0v) is 14.1. The number of aliphatic imine (C=N–C) groups is 1. The molecule has 0 saturated heterocycles. The van der Waals surface area contributed by atoms with Gasteiger partial charge in [0.2, 0.25) is 5.91 Å². The quantitative estimate of drug-likeness (QED) is 0.402. The fraction of sp³-hybridized carbons (Fsp3) is 0.278. The van der Waals surface area contributed by atoms with Crippen molar-refractivity contribution in [2.45, 2.75) is 13.0 Å². The second kappa shape index (κ2) is 10.0. The third kappa shape index (κ3) is 6.99. The Balaban J connectivity index is 1.64. The highest BCUT2D eigenvalue weighted by Crippen LogP contribution is 2.03. The Morgan fingerprint density at radius 3 is 2.68 bits per heavy atom. The number of hydrogen-bond acceptors (Lipinski definition) is 3. The molecule has 0 aliphatic rings. The maximum absolute atomic E-state index is 13.1. The van der Waals surface area contributed by atoms with Crippen molar-refractivity contribution in [1.29, 1.82) is 0 Å². The van der Waals surface area contributed by atoms with Gasteiger partial charge in [0.05, 0.1) is 18.7 Å². The van der Waals surface area contributed by atoms with E-state index in [9.17, 15) is 9.18 Å². The Kier molecular flexibility index (Phi) is 7.37. The fourth-order valence-electron chi connectivity index (χ4n) is 2.18. The third-order valence-electron chi connectivity index (χ3n) is 3.38. The van der Waals surface area contributed by atoms with Gasteiger partial charge in [-0.05, 0) is 29.8 Å². The summed E-state index contributed by atoms with van der Waals surface area (Å²) in [7, 11) is 1.68. The van der Waals surface area contributed by atoms with Crippen LogP contribution in [0.4, 0.5) is 4.39 Å². The SMILES string of the molecule is CN=C(NCCNC(=O)Cc1cccc(F)c1)NCc1ccccn1. The van der Waals surface area contributed by atoms with Gasteiger partial charge in [0, 0.05) is 26.3 Å². The first-order chi connectivity index (χ1) is 12.2. The number of hydrogen-bond donors (Lipinski definition) is 3. The van der Waals surface area contributed by atoms with E-state index in [1.807, 2.05) is 18.2 Å². The van der Waals surface area contributed by atoms with E-state index in [2.05, 4.69) is 25.9 Å². The van der Waals surface area contributed by atoms with Crippen LogP contribution in [0.2, 0.25) is 0 Å². The van der Waals surface area contributed by atoms with Crippen LogP contribution in [0.5, 0.6) is 0 Å². The van der Waals surface area contributed by atoms with Gasteiger partial charge in [0.15, 0.2) is 5.96 Å². The van der Waals surface area contributed by atoms with Gasteiger partial charge < -0.3 is 16.0 Å². The van der Waals surface area contributed by atoms with Crippen molar-refractivity contribution in [2.24, 2.45) is 4.99 Å². The van der Waals surface area contributed by atoms with Gasteiger partial charge in [0.25, 0.3) is 0 Å². The molecule has 25 heavy (non-hydrogen) atoms. The van der Waals surface area contributed by atoms with Crippen LogP contribution in [0.15, 0.2) is 53.7 Å². The van der Waals surface area contributed by atoms with E-state index in [0.717, 1.165) is 5.69 Å². The van der Waals surface area contributed by atoms with Crippen molar-refractivity contribution < 1.29 is 9.18 Å². The molecule has 0 aliphatic heterocycles. The number of carbonyl (C=O) groups is 1. The molecule has 1 aromatic heterocycles. The van der Waals surface area contributed by atoms with Gasteiger partial charge in [-0.2, -0.15) is 0 Å². The predicted molar refractivity (Wildman–Crippen MR) is 95.6 cm³/mol. The highest BCUT2D eigenvalue weighted by Gasteiger charge is 2.04. The van der Waals surface area contributed by atoms with E-state index < -0.39 is 0 Å². The summed E-state index contributed by atoms with van der Waals surface area (Å²) in [6.07, 6.45) is 1.89. The molecule has 3 N–H and O–H groups in total. The molecule has 0 bridgehead atoms. The molecule has 0 atom stereocenters. The summed E-state index contributed by atoms with van der Waals surface area (Å²) in [5.74, 6) is 0.142. The maximum Gasteiger partial charge on any atom is 0.224 e. The van der Waals surface area contributed by atoms with Gasteiger partial charge in [-0.1, -0.05) is 18.2 Å². The number of nitrogens with one attached hydrogen (secondary N) is 3. The molecular weight excluding hydrogens is 321 g/mol. The summed E-state index contributed by atoms with van der Waals surface area (Å²) < 4.78 is 13.1. The van der Waals surface area contributed by atoms with E-state index in [1.165, 1.54) is 12.1 Å². The van der Waals surface area contributed by atoms with E-state index in [0.29, 0.717) is 31.2 Å². The first kappa shape index (κ1) is 18.4. The summed E-state index contributed by atoms with van der Waals surface area (Å²) in [5, 5.41) is 9.03. The van der Waals surface area contributed by atoms with Crippen LogP contribution in [-0.4, -0.2) is 37.0 Å². The molecule has 7 heteroatoms. The Hall–Kier alpha value is -2.96. The minimum atomic E-state index is -0.338. The van der Waals surface area contributed by atoms with Gasteiger partial charge in [0.1, 0.15) is 5.82 Å². The number of nitrogens with zero attached hydrogens (tertiary/aromatic N) is 2. The molecule has 1 heterocycles. The van der Waals surface area contributed by atoms with E-state index in [4.69, 9.17) is 0 Å². The molecule has 132 valence electrons. The number of benzene rings is 1. The third-order valence-corrected chi connectivity index (χ3v) is 3.38. The largest absolute Gasteiger partial charge is 0.355 e. The van der Waals surface area contributed by atoms with E-state index >= 15 is 0 Å². The van der Waals surface area contributed by atoms with Gasteiger partial charge in [-0.15, -0.1) is 0 Å². The molecule has 0 fully saturated rings. The van der Waals surface area contributed by atoms with Crippen molar-refractivity contribution in [2.75, 3.05) is 20.1 Å². The number of aromatic nitrogens is 1. The van der Waals surface area contributed by atoms with Crippen molar-refractivity contribution in [3.8, 4) is 0 Å².